The second-order valence-corrected chi connectivity index (χ2v) is 6.17. The van der Waals surface area contributed by atoms with Crippen LogP contribution in [0.1, 0.15) is 39.2 Å². The van der Waals surface area contributed by atoms with Crippen molar-refractivity contribution in [3.63, 3.8) is 0 Å². The molecule has 1 aromatic carbocycles. The quantitative estimate of drug-likeness (QED) is 0.837. The highest BCUT2D eigenvalue weighted by atomic mass is 19.4. The van der Waals surface area contributed by atoms with Crippen LogP contribution in [0, 0.1) is 0 Å². The van der Waals surface area contributed by atoms with Crippen molar-refractivity contribution >= 4 is 5.97 Å². The minimum absolute atomic E-state index is 0.352. The number of halogens is 3. The van der Waals surface area contributed by atoms with Gasteiger partial charge in [0.25, 0.3) is 0 Å². The highest BCUT2D eigenvalue weighted by Crippen LogP contribution is 2.42. The number of hydrogen-bond donors (Lipinski definition) is 1. The Morgan fingerprint density at radius 1 is 1.13 bits per heavy atom. The van der Waals surface area contributed by atoms with Gasteiger partial charge in [0, 0.05) is 6.42 Å². The molecule has 0 spiro atoms. The smallest absolute Gasteiger partial charge is 0.421 e. The molecule has 7 heteroatoms. The van der Waals surface area contributed by atoms with Crippen LogP contribution in [0.2, 0.25) is 0 Å². The molecule has 0 amide bonds. The van der Waals surface area contributed by atoms with E-state index in [1.165, 1.54) is 19.2 Å². The molecular formula is C16H21F3O4. The lowest BCUT2D eigenvalue weighted by atomic mass is 9.88. The van der Waals surface area contributed by atoms with Crippen LogP contribution in [-0.2, 0) is 15.1 Å². The third-order valence-corrected chi connectivity index (χ3v) is 3.15. The van der Waals surface area contributed by atoms with E-state index in [0.717, 1.165) is 12.1 Å². The van der Waals surface area contributed by atoms with E-state index < -0.39 is 36.2 Å². The first kappa shape index (κ1) is 19.3. The van der Waals surface area contributed by atoms with Crippen LogP contribution < -0.4 is 4.74 Å². The number of esters is 1. The molecule has 0 fully saturated rings. The van der Waals surface area contributed by atoms with Crippen molar-refractivity contribution in [2.24, 2.45) is 0 Å². The average Bonchev–Trinajstić information content (AvgIpc) is 2.42. The molecule has 1 unspecified atom stereocenters. The zero-order valence-corrected chi connectivity index (χ0v) is 13.5. The first-order valence-corrected chi connectivity index (χ1v) is 7.04. The fourth-order valence-corrected chi connectivity index (χ4v) is 1.99. The Morgan fingerprint density at radius 2 is 1.65 bits per heavy atom. The lowest BCUT2D eigenvalue weighted by Gasteiger charge is -2.31. The number of carbonyl (C=O) groups is 1. The van der Waals surface area contributed by atoms with E-state index in [9.17, 15) is 23.1 Å². The summed E-state index contributed by atoms with van der Waals surface area (Å²) in [7, 11) is 1.38. The first-order chi connectivity index (χ1) is 10.4. The predicted octanol–water partition coefficient (Wildman–Crippen LogP) is 3.57. The number of benzene rings is 1. The Hall–Kier alpha value is -1.76. The third-order valence-electron chi connectivity index (χ3n) is 3.15. The monoisotopic (exact) mass is 334 g/mol. The van der Waals surface area contributed by atoms with E-state index in [1.54, 1.807) is 20.8 Å². The van der Waals surface area contributed by atoms with Gasteiger partial charge in [0.2, 0.25) is 0 Å². The summed E-state index contributed by atoms with van der Waals surface area (Å²) in [5.74, 6) is -0.431. The molecule has 1 N–H and O–H groups in total. The van der Waals surface area contributed by atoms with Gasteiger partial charge in [-0.3, -0.25) is 4.79 Å². The van der Waals surface area contributed by atoms with Gasteiger partial charge in [0.15, 0.2) is 5.60 Å². The molecule has 1 rings (SSSR count). The molecule has 130 valence electrons. The Morgan fingerprint density at radius 3 is 2.04 bits per heavy atom. The summed E-state index contributed by atoms with van der Waals surface area (Å²) in [6, 6.07) is 4.89. The molecule has 0 aliphatic heterocycles. The summed E-state index contributed by atoms with van der Waals surface area (Å²) in [5, 5.41) is 10.2. The number of rotatable bonds is 5. The molecule has 0 bridgehead atoms. The summed E-state index contributed by atoms with van der Waals surface area (Å²) < 4.78 is 49.8. The topological polar surface area (TPSA) is 55.8 Å². The molecular weight excluding hydrogens is 313 g/mol. The van der Waals surface area contributed by atoms with Crippen molar-refractivity contribution < 1.29 is 32.5 Å². The summed E-state index contributed by atoms with van der Waals surface area (Å²) in [4.78, 5) is 11.6. The molecule has 1 atom stereocenters. The molecule has 0 saturated heterocycles. The second kappa shape index (κ2) is 6.78. The van der Waals surface area contributed by atoms with Gasteiger partial charge in [-0.25, -0.2) is 0 Å². The zero-order chi connectivity index (χ0) is 17.9. The van der Waals surface area contributed by atoms with E-state index in [0.29, 0.717) is 5.75 Å². The minimum Gasteiger partial charge on any atom is -0.497 e. The Balaban J connectivity index is 2.97. The van der Waals surface area contributed by atoms with Gasteiger partial charge < -0.3 is 14.6 Å². The van der Waals surface area contributed by atoms with Gasteiger partial charge in [-0.05, 0) is 44.9 Å². The van der Waals surface area contributed by atoms with Crippen molar-refractivity contribution in [2.45, 2.75) is 51.0 Å². The lowest BCUT2D eigenvalue weighted by Crippen LogP contribution is -2.43. The maximum Gasteiger partial charge on any atom is 0.421 e. The van der Waals surface area contributed by atoms with Gasteiger partial charge in [-0.15, -0.1) is 0 Å². The molecule has 0 aliphatic rings. The molecule has 0 heterocycles. The fourth-order valence-electron chi connectivity index (χ4n) is 1.99. The highest BCUT2D eigenvalue weighted by molar-refractivity contribution is 5.70. The largest absolute Gasteiger partial charge is 0.497 e. The van der Waals surface area contributed by atoms with Gasteiger partial charge in [-0.1, -0.05) is 12.1 Å². The minimum atomic E-state index is -4.93. The van der Waals surface area contributed by atoms with Gasteiger partial charge in [0.1, 0.15) is 11.4 Å². The molecule has 4 nitrogen and oxygen atoms in total. The molecule has 0 saturated carbocycles. The van der Waals surface area contributed by atoms with Crippen molar-refractivity contribution in [3.8, 4) is 5.75 Å². The van der Waals surface area contributed by atoms with Crippen LogP contribution in [0.25, 0.3) is 0 Å². The van der Waals surface area contributed by atoms with Gasteiger partial charge in [-0.2, -0.15) is 13.2 Å². The standard InChI is InChI=1S/C16H21F3O4/c1-14(2,3)23-13(20)9-10-15(21,16(17,18)19)11-5-7-12(22-4)8-6-11/h5-8,21H,9-10H2,1-4H3. The Kier molecular flexibility index (Phi) is 5.69. The van der Waals surface area contributed by atoms with Crippen LogP contribution >= 0.6 is 0 Å². The fraction of sp³-hybridized carbons (Fsp3) is 0.562. The number of alkyl halides is 3. The van der Waals surface area contributed by atoms with E-state index in [-0.39, 0.29) is 5.56 Å². The molecule has 23 heavy (non-hydrogen) atoms. The number of carbonyl (C=O) groups excluding carboxylic acids is 1. The second-order valence-electron chi connectivity index (χ2n) is 6.17. The molecule has 0 radical (unpaired) electrons. The van der Waals surface area contributed by atoms with E-state index in [2.05, 4.69) is 0 Å². The summed E-state index contributed by atoms with van der Waals surface area (Å²) in [6.45, 7) is 4.85. The van der Waals surface area contributed by atoms with Crippen LogP contribution in [-0.4, -0.2) is 30.0 Å². The first-order valence-electron chi connectivity index (χ1n) is 7.04. The Bertz CT molecular complexity index is 532. The lowest BCUT2D eigenvalue weighted by molar-refractivity contribution is -0.269. The van der Waals surface area contributed by atoms with E-state index >= 15 is 0 Å². The number of aliphatic hydroxyl groups is 1. The molecule has 0 aromatic heterocycles. The van der Waals surface area contributed by atoms with Crippen LogP contribution in [0.4, 0.5) is 13.2 Å². The van der Waals surface area contributed by atoms with Crippen LogP contribution in [0.3, 0.4) is 0 Å². The third kappa shape index (κ3) is 5.13. The molecule has 1 aromatic rings. The highest BCUT2D eigenvalue weighted by Gasteiger charge is 2.54. The van der Waals surface area contributed by atoms with Gasteiger partial charge >= 0.3 is 12.1 Å². The summed E-state index contributed by atoms with van der Waals surface area (Å²) in [6.07, 6.45) is -6.30. The number of methoxy groups -OCH3 is 1. The van der Waals surface area contributed by atoms with E-state index in [1.807, 2.05) is 0 Å². The maximum absolute atomic E-state index is 13.3. The summed E-state index contributed by atoms with van der Waals surface area (Å²) in [5.41, 5.74) is -4.28. The van der Waals surface area contributed by atoms with Crippen molar-refractivity contribution in [1.29, 1.82) is 0 Å². The normalized spacial score (nSPS) is 15.0. The van der Waals surface area contributed by atoms with Gasteiger partial charge in [0.05, 0.1) is 7.11 Å². The predicted molar refractivity (Wildman–Crippen MR) is 78.0 cm³/mol. The van der Waals surface area contributed by atoms with Crippen molar-refractivity contribution in [2.75, 3.05) is 7.11 Å². The van der Waals surface area contributed by atoms with Crippen LogP contribution in [0.15, 0.2) is 24.3 Å². The summed E-state index contributed by atoms with van der Waals surface area (Å²) >= 11 is 0. The van der Waals surface area contributed by atoms with Crippen LogP contribution in [0.5, 0.6) is 5.75 Å². The number of hydrogen-bond acceptors (Lipinski definition) is 4. The average molecular weight is 334 g/mol. The maximum atomic E-state index is 13.3. The Labute approximate surface area is 133 Å². The molecule has 0 aliphatic carbocycles. The number of ether oxygens (including phenoxy) is 2. The van der Waals surface area contributed by atoms with Crippen molar-refractivity contribution in [1.82, 2.24) is 0 Å². The van der Waals surface area contributed by atoms with Crippen molar-refractivity contribution in [3.05, 3.63) is 29.8 Å². The van der Waals surface area contributed by atoms with E-state index in [4.69, 9.17) is 9.47 Å². The zero-order valence-electron chi connectivity index (χ0n) is 13.5. The SMILES string of the molecule is COc1ccc(C(O)(CCC(=O)OC(C)(C)C)C(F)(F)F)cc1.